The molecule has 0 saturated heterocycles. The molecule has 0 aliphatic heterocycles. The second-order valence-electron chi connectivity index (χ2n) is 7.66. The number of hydrogen-bond acceptors (Lipinski definition) is 5. The van der Waals surface area contributed by atoms with Gasteiger partial charge in [-0.15, -0.1) is 0 Å². The van der Waals surface area contributed by atoms with Crippen molar-refractivity contribution in [3.8, 4) is 22.5 Å². The summed E-state index contributed by atoms with van der Waals surface area (Å²) in [6.45, 7) is 0.0239. The van der Waals surface area contributed by atoms with Crippen LogP contribution in [0.5, 0.6) is 0 Å². The van der Waals surface area contributed by atoms with E-state index in [0.29, 0.717) is 11.9 Å². The third-order valence-corrected chi connectivity index (χ3v) is 5.88. The number of rotatable bonds is 4. The number of aliphatic hydroxyl groups excluding tert-OH is 1. The Morgan fingerprint density at radius 1 is 1.00 bits per heavy atom. The van der Waals surface area contributed by atoms with Gasteiger partial charge >= 0.3 is 0 Å². The smallest absolute Gasteiger partial charge is 0.152 e. The molecule has 29 heavy (non-hydrogen) atoms. The van der Waals surface area contributed by atoms with Gasteiger partial charge in [-0.3, -0.25) is 4.68 Å². The highest BCUT2D eigenvalue weighted by Crippen LogP contribution is 2.37. The highest BCUT2D eigenvalue weighted by Gasteiger charge is 2.23. The lowest BCUT2D eigenvalue weighted by molar-refractivity contribution is 0.282. The number of nitrogens with zero attached hydrogens (tertiary/aromatic N) is 5. The zero-order valence-corrected chi connectivity index (χ0v) is 16.2. The van der Waals surface area contributed by atoms with Crippen molar-refractivity contribution in [3.05, 3.63) is 54.5 Å². The lowest BCUT2D eigenvalue weighted by atomic mass is 9.95. The number of hydrogen-bond donors (Lipinski definition) is 2. The molecule has 148 valence electrons. The van der Waals surface area contributed by atoms with E-state index in [0.717, 1.165) is 46.4 Å². The van der Waals surface area contributed by atoms with Crippen LogP contribution in [0.2, 0.25) is 0 Å². The van der Waals surface area contributed by atoms with Gasteiger partial charge in [0.05, 0.1) is 24.0 Å². The van der Waals surface area contributed by atoms with Crippen LogP contribution in [-0.4, -0.2) is 29.5 Å². The number of fused-ring (bicyclic) bond motifs is 1. The Balaban J connectivity index is 1.68. The second-order valence-corrected chi connectivity index (χ2v) is 7.66. The Morgan fingerprint density at radius 3 is 2.55 bits per heavy atom. The van der Waals surface area contributed by atoms with Crippen LogP contribution >= 0.6 is 0 Å². The standard InChI is InChI=1S/C22H24N6O/c23-22-21-18(19-10-11-25-27(19)17-4-2-1-3-5-17)12-20(28(21)26-14-24-22)16-8-6-15(13-29)7-9-16/h6-12,14,17,29H,1-5,13H2,(H2,23,24,26). The van der Waals surface area contributed by atoms with Gasteiger partial charge < -0.3 is 10.8 Å². The first-order valence-electron chi connectivity index (χ1n) is 10.1. The van der Waals surface area contributed by atoms with Crippen molar-refractivity contribution in [1.82, 2.24) is 24.4 Å². The minimum Gasteiger partial charge on any atom is -0.392 e. The van der Waals surface area contributed by atoms with E-state index >= 15 is 0 Å². The Bertz CT molecular complexity index is 1140. The highest BCUT2D eigenvalue weighted by atomic mass is 16.3. The molecule has 1 aromatic carbocycles. The predicted molar refractivity (Wildman–Crippen MR) is 112 cm³/mol. The van der Waals surface area contributed by atoms with Gasteiger partial charge in [0.15, 0.2) is 5.82 Å². The van der Waals surface area contributed by atoms with Gasteiger partial charge in [-0.05, 0) is 30.5 Å². The van der Waals surface area contributed by atoms with Crippen molar-refractivity contribution in [2.45, 2.75) is 44.8 Å². The molecule has 4 aromatic rings. The van der Waals surface area contributed by atoms with E-state index in [-0.39, 0.29) is 6.61 Å². The molecular formula is C22H24N6O. The first kappa shape index (κ1) is 17.9. The number of anilines is 1. The Kier molecular flexibility index (Phi) is 4.52. The summed E-state index contributed by atoms with van der Waals surface area (Å²) in [6.07, 6.45) is 9.45. The van der Waals surface area contributed by atoms with Gasteiger partial charge in [0.1, 0.15) is 11.8 Å². The summed E-state index contributed by atoms with van der Waals surface area (Å²) in [5, 5.41) is 18.5. The maximum absolute atomic E-state index is 9.34. The summed E-state index contributed by atoms with van der Waals surface area (Å²) in [6, 6.07) is 12.4. The summed E-state index contributed by atoms with van der Waals surface area (Å²) in [4.78, 5) is 4.24. The van der Waals surface area contributed by atoms with Crippen LogP contribution in [0.3, 0.4) is 0 Å². The van der Waals surface area contributed by atoms with Crippen LogP contribution in [0.15, 0.2) is 48.9 Å². The van der Waals surface area contributed by atoms with Crippen molar-refractivity contribution in [3.63, 3.8) is 0 Å². The molecule has 0 spiro atoms. The van der Waals surface area contributed by atoms with Gasteiger partial charge in [-0.1, -0.05) is 43.5 Å². The van der Waals surface area contributed by atoms with Crippen molar-refractivity contribution < 1.29 is 5.11 Å². The van der Waals surface area contributed by atoms with Crippen LogP contribution in [-0.2, 0) is 6.61 Å². The van der Waals surface area contributed by atoms with Crippen LogP contribution in [0.1, 0.15) is 43.7 Å². The van der Waals surface area contributed by atoms with Crippen molar-refractivity contribution in [2.75, 3.05) is 5.73 Å². The van der Waals surface area contributed by atoms with Crippen LogP contribution < -0.4 is 5.73 Å². The summed E-state index contributed by atoms with van der Waals surface area (Å²) < 4.78 is 4.00. The molecule has 1 fully saturated rings. The average Bonchev–Trinajstić information content (AvgIpc) is 3.40. The van der Waals surface area contributed by atoms with Gasteiger partial charge in [-0.2, -0.15) is 10.2 Å². The van der Waals surface area contributed by atoms with Crippen molar-refractivity contribution >= 4 is 11.3 Å². The van der Waals surface area contributed by atoms with E-state index in [4.69, 9.17) is 5.73 Å². The fourth-order valence-corrected chi connectivity index (χ4v) is 4.39. The molecule has 3 N–H and O–H groups in total. The number of aromatic nitrogens is 5. The summed E-state index contributed by atoms with van der Waals surface area (Å²) in [5.41, 5.74) is 11.9. The molecule has 7 nitrogen and oxygen atoms in total. The third-order valence-electron chi connectivity index (χ3n) is 5.88. The fraction of sp³-hybridized carbons (Fsp3) is 0.318. The first-order chi connectivity index (χ1) is 14.3. The Hall–Kier alpha value is -3.19. The number of nitrogen functional groups attached to an aromatic ring is 1. The van der Waals surface area contributed by atoms with Gasteiger partial charge in [-0.25, -0.2) is 9.50 Å². The van der Waals surface area contributed by atoms with E-state index < -0.39 is 0 Å². The number of benzene rings is 1. The van der Waals surface area contributed by atoms with E-state index in [1.165, 1.54) is 25.6 Å². The largest absolute Gasteiger partial charge is 0.392 e. The van der Waals surface area contributed by atoms with E-state index in [1.807, 2.05) is 35.0 Å². The molecule has 0 amide bonds. The van der Waals surface area contributed by atoms with E-state index in [1.54, 1.807) is 0 Å². The van der Waals surface area contributed by atoms with E-state index in [2.05, 4.69) is 32.0 Å². The molecule has 0 bridgehead atoms. The van der Waals surface area contributed by atoms with E-state index in [9.17, 15) is 5.11 Å². The second kappa shape index (κ2) is 7.33. The quantitative estimate of drug-likeness (QED) is 0.554. The van der Waals surface area contributed by atoms with Crippen molar-refractivity contribution in [1.29, 1.82) is 0 Å². The van der Waals surface area contributed by atoms with Gasteiger partial charge in [0.25, 0.3) is 0 Å². The lowest BCUT2D eigenvalue weighted by Crippen LogP contribution is -2.15. The summed E-state index contributed by atoms with van der Waals surface area (Å²) >= 11 is 0. The number of nitrogens with two attached hydrogens (primary N) is 1. The summed E-state index contributed by atoms with van der Waals surface area (Å²) in [5.74, 6) is 0.449. The highest BCUT2D eigenvalue weighted by molar-refractivity contribution is 5.90. The number of aliphatic hydroxyl groups is 1. The molecular weight excluding hydrogens is 364 g/mol. The molecule has 3 aromatic heterocycles. The molecule has 5 rings (SSSR count). The average molecular weight is 388 g/mol. The van der Waals surface area contributed by atoms with Crippen LogP contribution in [0.4, 0.5) is 5.82 Å². The Morgan fingerprint density at radius 2 is 1.79 bits per heavy atom. The fourth-order valence-electron chi connectivity index (χ4n) is 4.39. The third kappa shape index (κ3) is 3.07. The summed E-state index contributed by atoms with van der Waals surface area (Å²) in [7, 11) is 0. The van der Waals surface area contributed by atoms with Gasteiger partial charge in [0.2, 0.25) is 0 Å². The molecule has 1 aliphatic rings. The van der Waals surface area contributed by atoms with Gasteiger partial charge in [0, 0.05) is 17.3 Å². The predicted octanol–water partition coefficient (Wildman–Crippen LogP) is 3.84. The normalized spacial score (nSPS) is 15.2. The zero-order valence-electron chi connectivity index (χ0n) is 16.2. The Labute approximate surface area is 168 Å². The first-order valence-corrected chi connectivity index (χ1v) is 10.1. The van der Waals surface area contributed by atoms with Crippen molar-refractivity contribution in [2.24, 2.45) is 0 Å². The maximum atomic E-state index is 9.34. The maximum Gasteiger partial charge on any atom is 0.152 e. The molecule has 0 radical (unpaired) electrons. The monoisotopic (exact) mass is 388 g/mol. The topological polar surface area (TPSA) is 94.3 Å². The van der Waals surface area contributed by atoms with Crippen LogP contribution in [0.25, 0.3) is 28.0 Å². The van der Waals surface area contributed by atoms with Crippen LogP contribution in [0, 0.1) is 0 Å². The molecule has 3 heterocycles. The molecule has 1 aliphatic carbocycles. The molecule has 7 heteroatoms. The molecule has 0 unspecified atom stereocenters. The molecule has 1 saturated carbocycles. The SMILES string of the molecule is Nc1ncnn2c(-c3ccc(CO)cc3)cc(-c3ccnn3C3CCCCC3)c12. The minimum absolute atomic E-state index is 0.0239. The zero-order chi connectivity index (χ0) is 19.8. The minimum atomic E-state index is 0.0239. The lowest BCUT2D eigenvalue weighted by Gasteiger charge is -2.23. The molecule has 0 atom stereocenters.